The number of carbonyl (C=O) groups is 3. The van der Waals surface area contributed by atoms with Gasteiger partial charge in [0.25, 0.3) is 5.91 Å². The predicted molar refractivity (Wildman–Crippen MR) is 155 cm³/mol. The van der Waals surface area contributed by atoms with Gasteiger partial charge in [0.15, 0.2) is 0 Å². The van der Waals surface area contributed by atoms with E-state index in [-0.39, 0.29) is 36.3 Å². The fourth-order valence-electron chi connectivity index (χ4n) is 4.36. The average Bonchev–Trinajstić information content (AvgIpc) is 3.33. The summed E-state index contributed by atoms with van der Waals surface area (Å²) < 4.78 is 25.8. The van der Waals surface area contributed by atoms with Gasteiger partial charge in [-0.2, -0.15) is 4.99 Å². The van der Waals surface area contributed by atoms with Crippen molar-refractivity contribution >= 4 is 46.3 Å². The Kier molecular flexibility index (Phi) is 9.10. The highest BCUT2D eigenvalue weighted by Gasteiger charge is 2.22. The first-order valence-electron chi connectivity index (χ1n) is 12.9. The standard InChI is InChI=1S/C29H30FN7O5/c1-17(33-19-9-10-20(21(30)16-19)26(31)35-29(40)42-4)27-34-22-15-18(8-11-23(22)36(27)2)28(39)37(14-12-25(38)41-3)24-7-5-6-13-32-24/h5-11,13,15-17,33H,12,14H2,1-4H3,(H2,31,35,40). The minimum Gasteiger partial charge on any atom is -0.469 e. The van der Waals surface area contributed by atoms with Crippen molar-refractivity contribution in [3.63, 3.8) is 0 Å². The monoisotopic (exact) mass is 575 g/mol. The van der Waals surface area contributed by atoms with Crippen molar-refractivity contribution < 1.29 is 28.2 Å². The number of aliphatic imine (C=N–C) groups is 1. The van der Waals surface area contributed by atoms with Gasteiger partial charge in [-0.3, -0.25) is 14.5 Å². The average molecular weight is 576 g/mol. The van der Waals surface area contributed by atoms with Crippen LogP contribution in [0.5, 0.6) is 0 Å². The molecular weight excluding hydrogens is 545 g/mol. The molecule has 3 N–H and O–H groups in total. The van der Waals surface area contributed by atoms with Crippen LogP contribution in [0.25, 0.3) is 11.0 Å². The number of hydrogen-bond donors (Lipinski definition) is 2. The molecule has 2 aromatic carbocycles. The topological polar surface area (TPSA) is 154 Å². The van der Waals surface area contributed by atoms with Crippen molar-refractivity contribution in [2.45, 2.75) is 19.4 Å². The molecule has 0 bridgehead atoms. The zero-order chi connectivity index (χ0) is 30.4. The van der Waals surface area contributed by atoms with Crippen molar-refractivity contribution in [1.82, 2.24) is 14.5 Å². The number of imidazole rings is 1. The summed E-state index contributed by atoms with van der Waals surface area (Å²) in [7, 11) is 4.28. The van der Waals surface area contributed by atoms with Crippen molar-refractivity contribution in [3.05, 3.63) is 83.6 Å². The van der Waals surface area contributed by atoms with E-state index in [1.54, 1.807) is 48.7 Å². The third kappa shape index (κ3) is 6.52. The van der Waals surface area contributed by atoms with Crippen molar-refractivity contribution in [3.8, 4) is 0 Å². The minimum atomic E-state index is -0.930. The van der Waals surface area contributed by atoms with Gasteiger partial charge in [0.1, 0.15) is 23.3 Å². The van der Waals surface area contributed by atoms with Gasteiger partial charge in [-0.25, -0.2) is 19.2 Å². The SMILES string of the molecule is COC(=O)CCN(C(=O)c1ccc2c(c1)nc(C(C)Nc1ccc(/C(N)=N\C(=O)OC)c(F)c1)n2C)c1ccccn1. The number of amides is 2. The molecule has 1 atom stereocenters. The zero-order valence-electron chi connectivity index (χ0n) is 23.5. The third-order valence-corrected chi connectivity index (χ3v) is 6.50. The highest BCUT2D eigenvalue weighted by molar-refractivity contribution is 6.07. The molecule has 2 amide bonds. The lowest BCUT2D eigenvalue weighted by atomic mass is 10.1. The third-order valence-electron chi connectivity index (χ3n) is 6.50. The normalized spacial score (nSPS) is 12.1. The maximum absolute atomic E-state index is 14.7. The summed E-state index contributed by atoms with van der Waals surface area (Å²) in [5.74, 6) is -0.715. The minimum absolute atomic E-state index is 0.00419. The lowest BCUT2D eigenvalue weighted by molar-refractivity contribution is -0.140. The van der Waals surface area contributed by atoms with E-state index in [1.807, 2.05) is 18.5 Å². The van der Waals surface area contributed by atoms with Gasteiger partial charge in [-0.1, -0.05) is 6.07 Å². The van der Waals surface area contributed by atoms with Gasteiger partial charge in [-0.05, 0) is 55.5 Å². The number of halogens is 1. The summed E-state index contributed by atoms with van der Waals surface area (Å²) in [6, 6.07) is 14.2. The molecule has 42 heavy (non-hydrogen) atoms. The number of aryl methyl sites for hydroxylation is 1. The summed E-state index contributed by atoms with van der Waals surface area (Å²) >= 11 is 0. The molecular formula is C29H30FN7O5. The summed E-state index contributed by atoms with van der Waals surface area (Å²) in [6.45, 7) is 1.95. The molecule has 0 saturated carbocycles. The van der Waals surface area contributed by atoms with Gasteiger partial charge >= 0.3 is 12.1 Å². The van der Waals surface area contributed by atoms with Crippen LogP contribution in [-0.4, -0.2) is 59.1 Å². The zero-order valence-corrected chi connectivity index (χ0v) is 23.5. The Morgan fingerprint density at radius 2 is 1.90 bits per heavy atom. The van der Waals surface area contributed by atoms with E-state index < -0.39 is 17.9 Å². The highest BCUT2D eigenvalue weighted by atomic mass is 19.1. The highest BCUT2D eigenvalue weighted by Crippen LogP contribution is 2.26. The van der Waals surface area contributed by atoms with Gasteiger partial charge < -0.3 is 25.1 Å². The van der Waals surface area contributed by atoms with Crippen LogP contribution in [-0.2, 0) is 21.3 Å². The molecule has 0 fully saturated rings. The van der Waals surface area contributed by atoms with Crippen molar-refractivity contribution in [2.24, 2.45) is 17.8 Å². The number of methoxy groups -OCH3 is 2. The Morgan fingerprint density at radius 3 is 2.57 bits per heavy atom. The molecule has 12 nitrogen and oxygen atoms in total. The summed E-state index contributed by atoms with van der Waals surface area (Å²) in [4.78, 5) is 50.6. The maximum atomic E-state index is 14.7. The molecule has 2 heterocycles. The van der Waals surface area contributed by atoms with Crippen LogP contribution in [0.4, 0.5) is 20.7 Å². The lowest BCUT2D eigenvalue weighted by Gasteiger charge is -2.21. The van der Waals surface area contributed by atoms with E-state index in [9.17, 15) is 18.8 Å². The molecule has 0 aliphatic rings. The molecule has 4 rings (SSSR count). The fraction of sp³-hybridized carbons (Fsp3) is 0.241. The second-order valence-electron chi connectivity index (χ2n) is 9.23. The number of esters is 1. The van der Waals surface area contributed by atoms with E-state index in [0.717, 1.165) is 12.6 Å². The first-order valence-corrected chi connectivity index (χ1v) is 12.9. The number of anilines is 2. The molecule has 1 unspecified atom stereocenters. The molecule has 13 heteroatoms. The Labute approximate surface area is 241 Å². The number of pyridine rings is 1. The van der Waals surface area contributed by atoms with Crippen LogP contribution in [0.2, 0.25) is 0 Å². The number of carbonyl (C=O) groups excluding carboxylic acids is 3. The molecule has 0 aliphatic carbocycles. The first kappa shape index (κ1) is 29.6. The lowest BCUT2D eigenvalue weighted by Crippen LogP contribution is -2.33. The molecule has 0 aliphatic heterocycles. The van der Waals surface area contributed by atoms with Gasteiger partial charge in [0, 0.05) is 31.0 Å². The fourth-order valence-corrected chi connectivity index (χ4v) is 4.36. The molecule has 218 valence electrons. The van der Waals surface area contributed by atoms with Crippen LogP contribution in [0.1, 0.15) is 41.1 Å². The van der Waals surface area contributed by atoms with E-state index >= 15 is 0 Å². The van der Waals surface area contributed by atoms with E-state index in [4.69, 9.17) is 15.5 Å². The first-order chi connectivity index (χ1) is 20.1. The number of hydrogen-bond acceptors (Lipinski definition) is 8. The number of aromatic nitrogens is 3. The number of nitrogens with zero attached hydrogens (tertiary/aromatic N) is 5. The number of nitrogens with two attached hydrogens (primary N) is 1. The smallest absolute Gasteiger partial charge is 0.435 e. The number of fused-ring (bicyclic) bond motifs is 1. The van der Waals surface area contributed by atoms with Gasteiger partial charge in [0.2, 0.25) is 0 Å². The van der Waals surface area contributed by atoms with Crippen LogP contribution < -0.4 is 16.0 Å². The molecule has 2 aromatic heterocycles. The quantitative estimate of drug-likeness (QED) is 0.171. The van der Waals surface area contributed by atoms with E-state index in [0.29, 0.717) is 28.4 Å². The van der Waals surface area contributed by atoms with Crippen molar-refractivity contribution in [2.75, 3.05) is 31.0 Å². The largest absolute Gasteiger partial charge is 0.469 e. The molecule has 4 aromatic rings. The van der Waals surface area contributed by atoms with Crippen LogP contribution in [0.3, 0.4) is 0 Å². The predicted octanol–water partition coefficient (Wildman–Crippen LogP) is 3.96. The van der Waals surface area contributed by atoms with E-state index in [2.05, 4.69) is 20.0 Å². The molecule has 0 spiro atoms. The van der Waals surface area contributed by atoms with Crippen LogP contribution >= 0.6 is 0 Å². The Bertz CT molecular complexity index is 1660. The summed E-state index contributed by atoms with van der Waals surface area (Å²) in [5.41, 5.74) is 7.87. The van der Waals surface area contributed by atoms with Gasteiger partial charge in [0.05, 0.1) is 43.3 Å². The Morgan fingerprint density at radius 1 is 1.12 bits per heavy atom. The number of benzene rings is 2. The Balaban J connectivity index is 1.57. The van der Waals surface area contributed by atoms with E-state index in [1.165, 1.54) is 24.1 Å². The number of nitrogens with one attached hydrogen (secondary N) is 1. The summed E-state index contributed by atoms with van der Waals surface area (Å²) in [5, 5.41) is 3.21. The second kappa shape index (κ2) is 12.9. The Hall–Kier alpha value is -5.33. The number of amidine groups is 1. The van der Waals surface area contributed by atoms with Crippen molar-refractivity contribution in [1.29, 1.82) is 0 Å². The number of rotatable bonds is 9. The van der Waals surface area contributed by atoms with Gasteiger partial charge in [-0.15, -0.1) is 0 Å². The maximum Gasteiger partial charge on any atom is 0.435 e. The van der Waals surface area contributed by atoms with Crippen LogP contribution in [0, 0.1) is 5.82 Å². The molecule has 0 radical (unpaired) electrons. The number of ether oxygens (including phenoxy) is 2. The van der Waals surface area contributed by atoms with Crippen LogP contribution in [0.15, 0.2) is 65.8 Å². The second-order valence-corrected chi connectivity index (χ2v) is 9.23. The summed E-state index contributed by atoms with van der Waals surface area (Å²) in [6.07, 6.45) is 0.644. The molecule has 0 saturated heterocycles.